The predicted octanol–water partition coefficient (Wildman–Crippen LogP) is 8.22. The molecule has 0 aromatic carbocycles. The van der Waals surface area contributed by atoms with Crippen molar-refractivity contribution in [1.82, 2.24) is 0 Å². The monoisotopic (exact) mass is 703 g/mol. The molecule has 0 radical (unpaired) electrons. The molecule has 1 fully saturated rings. The lowest BCUT2D eigenvalue weighted by Crippen LogP contribution is -2.54. The van der Waals surface area contributed by atoms with Crippen LogP contribution in [0.2, 0.25) is 0 Å². The molecule has 0 amide bonds. The van der Waals surface area contributed by atoms with E-state index in [1.165, 1.54) is 0 Å². The summed E-state index contributed by atoms with van der Waals surface area (Å²) in [5.74, 6) is -0.0165. The van der Waals surface area contributed by atoms with Crippen molar-refractivity contribution < 1.29 is 39.0 Å². The van der Waals surface area contributed by atoms with Gasteiger partial charge in [0.15, 0.2) is 0 Å². The van der Waals surface area contributed by atoms with Crippen LogP contribution < -0.4 is 0 Å². The van der Waals surface area contributed by atoms with E-state index in [1.54, 1.807) is 7.11 Å². The van der Waals surface area contributed by atoms with Crippen molar-refractivity contribution >= 4 is 0 Å². The molecule has 1 aliphatic carbocycles. The molecule has 0 aromatic heterocycles. The first-order valence-corrected chi connectivity index (χ1v) is 19.0. The van der Waals surface area contributed by atoms with Gasteiger partial charge in [-0.1, -0.05) is 20.8 Å². The van der Waals surface area contributed by atoms with Crippen molar-refractivity contribution in [2.45, 2.75) is 195 Å². The number of hydrogen-bond donors (Lipinski definition) is 3. The Bertz CT molecular complexity index is 979. The summed E-state index contributed by atoms with van der Waals surface area (Å²) >= 11 is 0. The van der Waals surface area contributed by atoms with Crippen LogP contribution in [0.5, 0.6) is 0 Å². The molecule has 8 heteroatoms. The van der Waals surface area contributed by atoms with Crippen LogP contribution in [0.3, 0.4) is 0 Å². The maximum absolute atomic E-state index is 10.8. The summed E-state index contributed by atoms with van der Waals surface area (Å²) in [5, 5.41) is 32.2. The fourth-order valence-corrected chi connectivity index (χ4v) is 6.39. The van der Waals surface area contributed by atoms with E-state index < -0.39 is 39.2 Å². The van der Waals surface area contributed by atoms with Crippen molar-refractivity contribution in [3.63, 3.8) is 0 Å². The SMILES string of the molecule is COC1(C)CCC1COC(C)(C)CC(C(CC(C)(C)OCC(C)C(C)(C)O)C(C)(C)OCC(C)C(C)(C)O)C(C)(C)OCC(C)C(C)(C)O. The van der Waals surface area contributed by atoms with Crippen LogP contribution in [0, 0.1) is 35.5 Å². The van der Waals surface area contributed by atoms with E-state index in [0.29, 0.717) is 45.2 Å². The van der Waals surface area contributed by atoms with Crippen LogP contribution in [0.25, 0.3) is 0 Å². The van der Waals surface area contributed by atoms with Gasteiger partial charge in [-0.25, -0.2) is 0 Å². The molecule has 0 spiro atoms. The van der Waals surface area contributed by atoms with Crippen molar-refractivity contribution in [2.75, 3.05) is 33.5 Å². The molecule has 0 heterocycles. The minimum absolute atomic E-state index is 0.0577. The van der Waals surface area contributed by atoms with E-state index in [-0.39, 0.29) is 35.2 Å². The third-order valence-corrected chi connectivity index (χ3v) is 12.4. The summed E-state index contributed by atoms with van der Waals surface area (Å²) < 4.78 is 32.9. The van der Waals surface area contributed by atoms with Gasteiger partial charge in [0.1, 0.15) is 0 Å². The van der Waals surface area contributed by atoms with Gasteiger partial charge >= 0.3 is 0 Å². The molecule has 0 saturated heterocycles. The number of hydrogen-bond acceptors (Lipinski definition) is 8. The molecule has 7 atom stereocenters. The van der Waals surface area contributed by atoms with Gasteiger partial charge in [-0.05, 0) is 141 Å². The quantitative estimate of drug-likeness (QED) is 0.0979. The maximum Gasteiger partial charge on any atom is 0.0700 e. The average Bonchev–Trinajstić information content (AvgIpc) is 2.92. The molecular formula is C41H82O8. The van der Waals surface area contributed by atoms with Crippen LogP contribution >= 0.6 is 0 Å². The Morgan fingerprint density at radius 2 is 0.898 bits per heavy atom. The van der Waals surface area contributed by atoms with Crippen LogP contribution in [0.4, 0.5) is 0 Å². The third kappa shape index (κ3) is 14.6. The molecule has 3 N–H and O–H groups in total. The first-order chi connectivity index (χ1) is 21.7. The van der Waals surface area contributed by atoms with E-state index in [4.69, 9.17) is 23.7 Å². The van der Waals surface area contributed by atoms with Gasteiger partial charge in [0.2, 0.25) is 0 Å². The van der Waals surface area contributed by atoms with Gasteiger partial charge in [-0.3, -0.25) is 0 Å². The van der Waals surface area contributed by atoms with Gasteiger partial charge in [0.05, 0.1) is 71.2 Å². The summed E-state index contributed by atoms with van der Waals surface area (Å²) in [7, 11) is 1.79. The molecular weight excluding hydrogens is 620 g/mol. The lowest BCUT2D eigenvalue weighted by molar-refractivity contribution is -0.195. The molecule has 0 aliphatic heterocycles. The standard InChI is InChI=1S/C41H82O8/c1-28(36(8,9)42)24-46-34(4,5)22-32(39(14,15)48-25-29(2)37(10,11)43)33(40(16,17)49-26-30(3)38(12,13)44)23-35(6,7)47-27-31-20-21-41(31,18)45-19/h28-33,42-44H,20-27H2,1-19H3. The zero-order chi connectivity index (χ0) is 38.7. The molecule has 8 nitrogen and oxygen atoms in total. The highest BCUT2D eigenvalue weighted by Crippen LogP contribution is 2.47. The van der Waals surface area contributed by atoms with E-state index in [9.17, 15) is 15.3 Å². The number of aliphatic hydroxyl groups is 3. The van der Waals surface area contributed by atoms with Gasteiger partial charge < -0.3 is 39.0 Å². The first-order valence-electron chi connectivity index (χ1n) is 19.0. The average molecular weight is 703 g/mol. The molecule has 0 aromatic rings. The maximum atomic E-state index is 10.8. The van der Waals surface area contributed by atoms with Crippen LogP contribution in [0.15, 0.2) is 0 Å². The Labute approximate surface area is 302 Å². The highest BCUT2D eigenvalue weighted by Gasteiger charge is 2.50. The summed E-state index contributed by atoms with van der Waals surface area (Å²) in [6.45, 7) is 38.2. The Kier molecular flexibility index (Phi) is 16.0. The first kappa shape index (κ1) is 46.7. The smallest absolute Gasteiger partial charge is 0.0700 e. The van der Waals surface area contributed by atoms with Gasteiger partial charge in [-0.15, -0.1) is 0 Å². The summed E-state index contributed by atoms with van der Waals surface area (Å²) in [6, 6.07) is 0. The highest BCUT2D eigenvalue weighted by atomic mass is 16.5. The second kappa shape index (κ2) is 16.8. The lowest BCUT2D eigenvalue weighted by atomic mass is 9.65. The molecule has 0 bridgehead atoms. The van der Waals surface area contributed by atoms with Crippen LogP contribution in [-0.4, -0.2) is 93.7 Å². The van der Waals surface area contributed by atoms with Gasteiger partial charge in [-0.2, -0.15) is 0 Å². The summed E-state index contributed by atoms with van der Waals surface area (Å²) in [5.41, 5.74) is -5.11. The van der Waals surface area contributed by atoms with E-state index in [0.717, 1.165) is 12.8 Å². The Morgan fingerprint density at radius 1 is 0.571 bits per heavy atom. The van der Waals surface area contributed by atoms with Crippen molar-refractivity contribution in [1.29, 1.82) is 0 Å². The molecule has 294 valence electrons. The second-order valence-electron chi connectivity index (χ2n) is 20.0. The van der Waals surface area contributed by atoms with Crippen molar-refractivity contribution in [2.24, 2.45) is 35.5 Å². The molecule has 1 rings (SSSR count). The predicted molar refractivity (Wildman–Crippen MR) is 201 cm³/mol. The number of rotatable bonds is 23. The summed E-state index contributed by atoms with van der Waals surface area (Å²) in [4.78, 5) is 0. The zero-order valence-corrected chi connectivity index (χ0v) is 35.5. The van der Waals surface area contributed by atoms with Gasteiger partial charge in [0, 0.05) is 30.8 Å². The molecule has 1 saturated carbocycles. The largest absolute Gasteiger partial charge is 0.390 e. The molecule has 1 aliphatic rings. The van der Waals surface area contributed by atoms with E-state index >= 15 is 0 Å². The number of ether oxygens (including phenoxy) is 5. The minimum Gasteiger partial charge on any atom is -0.390 e. The zero-order valence-electron chi connectivity index (χ0n) is 35.5. The second-order valence-corrected chi connectivity index (χ2v) is 20.0. The minimum atomic E-state index is -0.885. The van der Waals surface area contributed by atoms with Crippen molar-refractivity contribution in [3.05, 3.63) is 0 Å². The molecule has 49 heavy (non-hydrogen) atoms. The Balaban J connectivity index is 3.64. The van der Waals surface area contributed by atoms with Gasteiger partial charge in [0.25, 0.3) is 0 Å². The van der Waals surface area contributed by atoms with E-state index in [1.807, 2.05) is 62.3 Å². The number of methoxy groups -OCH3 is 1. The molecule has 7 unspecified atom stereocenters. The highest BCUT2D eigenvalue weighted by molar-refractivity contribution is 5.00. The van der Waals surface area contributed by atoms with Crippen molar-refractivity contribution in [3.8, 4) is 0 Å². The fraction of sp³-hybridized carbons (Fsp3) is 1.00. The van der Waals surface area contributed by atoms with Crippen LogP contribution in [0.1, 0.15) is 150 Å². The topological polar surface area (TPSA) is 107 Å². The van der Waals surface area contributed by atoms with Crippen LogP contribution in [-0.2, 0) is 23.7 Å². The van der Waals surface area contributed by atoms with E-state index in [2.05, 4.69) is 62.3 Å². The summed E-state index contributed by atoms with van der Waals surface area (Å²) in [6.07, 6.45) is 3.49. The third-order valence-electron chi connectivity index (χ3n) is 12.4. The Morgan fingerprint density at radius 3 is 1.18 bits per heavy atom. The fourth-order valence-electron chi connectivity index (χ4n) is 6.39. The normalized spacial score (nSPS) is 23.5. The Hall–Kier alpha value is -0.320. The lowest BCUT2D eigenvalue weighted by Gasteiger charge is -2.51.